The van der Waals surface area contributed by atoms with Gasteiger partial charge in [0.05, 0.1) is 11.3 Å². The van der Waals surface area contributed by atoms with E-state index in [1.165, 1.54) is 18.2 Å². The molecule has 0 aliphatic heterocycles. The summed E-state index contributed by atoms with van der Waals surface area (Å²) in [5, 5.41) is 0.720. The van der Waals surface area contributed by atoms with Gasteiger partial charge in [-0.05, 0) is 30.2 Å². The number of hydrogen-bond acceptors (Lipinski definition) is 1. The van der Waals surface area contributed by atoms with Crippen molar-refractivity contribution in [3.8, 4) is 12.3 Å². The van der Waals surface area contributed by atoms with Crippen molar-refractivity contribution >= 4 is 16.5 Å². The van der Waals surface area contributed by atoms with Gasteiger partial charge in [0.15, 0.2) is 5.82 Å². The van der Waals surface area contributed by atoms with Crippen molar-refractivity contribution in [2.75, 3.05) is 5.73 Å². The molecule has 0 aliphatic carbocycles. The topological polar surface area (TPSA) is 26.0 Å². The zero-order valence-electron chi connectivity index (χ0n) is 11.3. The largest absolute Gasteiger partial charge is 0.396 e. The highest BCUT2D eigenvalue weighted by molar-refractivity contribution is 5.94. The molecule has 0 fully saturated rings. The van der Waals surface area contributed by atoms with Crippen LogP contribution in [0.2, 0.25) is 0 Å². The molecule has 0 atom stereocenters. The fraction of sp³-hybridized carbons (Fsp3) is 0.250. The summed E-state index contributed by atoms with van der Waals surface area (Å²) in [7, 11) is 0. The van der Waals surface area contributed by atoms with E-state index in [0.717, 1.165) is 5.56 Å². The minimum Gasteiger partial charge on any atom is -0.396 e. The quantitative estimate of drug-likeness (QED) is 0.602. The van der Waals surface area contributed by atoms with Crippen molar-refractivity contribution in [1.29, 1.82) is 0 Å². The fourth-order valence-electron chi connectivity index (χ4n) is 1.99. The van der Waals surface area contributed by atoms with Gasteiger partial charge in [-0.2, -0.15) is 0 Å². The molecule has 2 rings (SSSR count). The molecule has 1 nitrogen and oxygen atoms in total. The summed E-state index contributed by atoms with van der Waals surface area (Å²) in [6.45, 7) is 5.89. The highest BCUT2D eigenvalue weighted by atomic mass is 19.1. The molecule has 19 heavy (non-hydrogen) atoms. The molecule has 0 saturated carbocycles. The Balaban J connectivity index is 0.000000861. The number of fused-ring (bicyclic) bond motifs is 1. The Labute approximate surface area is 112 Å². The van der Waals surface area contributed by atoms with E-state index in [1.54, 1.807) is 0 Å². The molecule has 0 spiro atoms. The summed E-state index contributed by atoms with van der Waals surface area (Å²) >= 11 is 0. The van der Waals surface area contributed by atoms with Crippen molar-refractivity contribution in [2.45, 2.75) is 27.2 Å². The molecule has 0 unspecified atom stereocenters. The van der Waals surface area contributed by atoms with Crippen LogP contribution in [-0.4, -0.2) is 0 Å². The predicted molar refractivity (Wildman–Crippen MR) is 76.9 cm³/mol. The van der Waals surface area contributed by atoms with E-state index < -0.39 is 11.6 Å². The first kappa shape index (κ1) is 15.0. The van der Waals surface area contributed by atoms with Crippen molar-refractivity contribution in [3.05, 3.63) is 41.0 Å². The van der Waals surface area contributed by atoms with E-state index in [1.807, 2.05) is 20.8 Å². The lowest BCUT2D eigenvalue weighted by atomic mass is 9.96. The van der Waals surface area contributed by atoms with Crippen molar-refractivity contribution in [2.24, 2.45) is 0 Å². The van der Waals surface area contributed by atoms with Gasteiger partial charge in [-0.25, -0.2) is 8.78 Å². The average molecular weight is 261 g/mol. The predicted octanol–water partition coefficient (Wildman–Crippen LogP) is 4.27. The number of hydrogen-bond donors (Lipinski definition) is 1. The van der Waals surface area contributed by atoms with Crippen LogP contribution in [-0.2, 0) is 6.42 Å². The average Bonchev–Trinajstić information content (AvgIpc) is 2.44. The summed E-state index contributed by atoms with van der Waals surface area (Å²) in [5.74, 6) is 1.21. The summed E-state index contributed by atoms with van der Waals surface area (Å²) < 4.78 is 27.4. The van der Waals surface area contributed by atoms with Gasteiger partial charge in [-0.3, -0.25) is 0 Å². The standard InChI is InChI=1S/C14H11F2N.C2H6/c1-3-8-7-12(17)14(16)10-5-6-11(15)9(4-2)13(8)10;1-2/h2,5-7H,3,17H2,1H3;1-2H3. The zero-order valence-corrected chi connectivity index (χ0v) is 11.3. The van der Waals surface area contributed by atoms with E-state index in [9.17, 15) is 8.78 Å². The number of anilines is 1. The maximum atomic E-state index is 13.8. The van der Waals surface area contributed by atoms with Crippen molar-refractivity contribution < 1.29 is 8.78 Å². The van der Waals surface area contributed by atoms with E-state index in [2.05, 4.69) is 5.92 Å². The lowest BCUT2D eigenvalue weighted by Gasteiger charge is -2.10. The first-order valence-corrected chi connectivity index (χ1v) is 6.25. The van der Waals surface area contributed by atoms with Crippen molar-refractivity contribution in [1.82, 2.24) is 0 Å². The molecule has 0 radical (unpaired) electrons. The number of benzene rings is 2. The number of rotatable bonds is 1. The monoisotopic (exact) mass is 261 g/mol. The van der Waals surface area contributed by atoms with Gasteiger partial charge >= 0.3 is 0 Å². The molecule has 2 N–H and O–H groups in total. The van der Waals surface area contributed by atoms with Crippen LogP contribution in [0.4, 0.5) is 14.5 Å². The molecule has 0 aromatic heterocycles. The molecule has 0 amide bonds. The molecule has 100 valence electrons. The van der Waals surface area contributed by atoms with E-state index in [-0.39, 0.29) is 16.6 Å². The summed E-state index contributed by atoms with van der Waals surface area (Å²) in [4.78, 5) is 0. The Bertz CT molecular complexity index is 639. The van der Waals surface area contributed by atoms with Gasteiger partial charge in [0, 0.05) is 10.8 Å². The van der Waals surface area contributed by atoms with Gasteiger partial charge in [-0.1, -0.05) is 26.7 Å². The Morgan fingerprint density at radius 3 is 2.42 bits per heavy atom. The minimum atomic E-state index is -0.547. The van der Waals surface area contributed by atoms with E-state index in [4.69, 9.17) is 12.2 Å². The highest BCUT2D eigenvalue weighted by Gasteiger charge is 2.14. The van der Waals surface area contributed by atoms with Gasteiger partial charge in [0.2, 0.25) is 0 Å². The SMILES string of the molecule is C#Cc1c(F)ccc2c(F)c(N)cc(CC)c12.CC. The lowest BCUT2D eigenvalue weighted by molar-refractivity contribution is 0.624. The number of nitrogens with two attached hydrogens (primary N) is 1. The Kier molecular flexibility index (Phi) is 4.88. The van der Waals surface area contributed by atoms with Crippen LogP contribution in [0.25, 0.3) is 10.8 Å². The smallest absolute Gasteiger partial charge is 0.153 e. The summed E-state index contributed by atoms with van der Waals surface area (Å²) in [5.41, 5.74) is 6.48. The van der Waals surface area contributed by atoms with Crippen LogP contribution in [0.1, 0.15) is 31.9 Å². The van der Waals surface area contributed by atoms with Crippen molar-refractivity contribution in [3.63, 3.8) is 0 Å². The van der Waals surface area contributed by atoms with Gasteiger partial charge in [-0.15, -0.1) is 6.42 Å². The molecule has 0 bridgehead atoms. The molecular weight excluding hydrogens is 244 g/mol. The molecule has 0 heterocycles. The third kappa shape index (κ3) is 2.53. The third-order valence-electron chi connectivity index (χ3n) is 2.82. The number of terminal acetylenes is 1. The fourth-order valence-corrected chi connectivity index (χ4v) is 1.99. The van der Waals surface area contributed by atoms with Crippen LogP contribution in [0.15, 0.2) is 18.2 Å². The summed E-state index contributed by atoms with van der Waals surface area (Å²) in [6, 6.07) is 4.05. The van der Waals surface area contributed by atoms with Crippen LogP contribution >= 0.6 is 0 Å². The maximum absolute atomic E-state index is 13.8. The first-order valence-electron chi connectivity index (χ1n) is 6.25. The molecule has 3 heteroatoms. The Morgan fingerprint density at radius 1 is 1.26 bits per heavy atom. The zero-order chi connectivity index (χ0) is 14.6. The maximum Gasteiger partial charge on any atom is 0.153 e. The van der Waals surface area contributed by atoms with E-state index in [0.29, 0.717) is 11.8 Å². The number of nitrogen functional groups attached to an aromatic ring is 1. The third-order valence-corrected chi connectivity index (χ3v) is 2.82. The summed E-state index contributed by atoms with van der Waals surface area (Å²) in [6.07, 6.45) is 5.89. The van der Waals surface area contributed by atoms with Crippen LogP contribution in [0.5, 0.6) is 0 Å². The van der Waals surface area contributed by atoms with Gasteiger partial charge in [0.25, 0.3) is 0 Å². The Morgan fingerprint density at radius 2 is 1.89 bits per heavy atom. The van der Waals surface area contributed by atoms with Gasteiger partial charge in [0.1, 0.15) is 5.82 Å². The molecule has 2 aromatic rings. The molecular formula is C16H17F2N. The van der Waals surface area contributed by atoms with Crippen LogP contribution < -0.4 is 5.73 Å². The highest BCUT2D eigenvalue weighted by Crippen LogP contribution is 2.30. The Hall–Kier alpha value is -2.08. The van der Waals surface area contributed by atoms with E-state index >= 15 is 0 Å². The molecule has 2 aromatic carbocycles. The first-order chi connectivity index (χ1) is 9.10. The second-order valence-electron chi connectivity index (χ2n) is 3.78. The molecule has 0 saturated heterocycles. The number of halogens is 2. The second-order valence-corrected chi connectivity index (χ2v) is 3.78. The van der Waals surface area contributed by atoms with Gasteiger partial charge < -0.3 is 5.73 Å². The normalized spacial score (nSPS) is 9.68. The number of aryl methyl sites for hydroxylation is 1. The minimum absolute atomic E-state index is 0.0592. The second kappa shape index (κ2) is 6.19. The van der Waals surface area contributed by atoms with Crippen LogP contribution in [0.3, 0.4) is 0 Å². The molecule has 0 aliphatic rings. The lowest BCUT2D eigenvalue weighted by Crippen LogP contribution is -1.99. The van der Waals surface area contributed by atoms with Crippen LogP contribution in [0, 0.1) is 24.0 Å².